The third-order valence-corrected chi connectivity index (χ3v) is 0. The Labute approximate surface area is 89.5 Å². The van der Waals surface area contributed by atoms with E-state index in [1.165, 1.54) is 0 Å². The van der Waals surface area contributed by atoms with Gasteiger partial charge in [0.05, 0.1) is 0 Å². The van der Waals surface area contributed by atoms with Gasteiger partial charge in [-0.05, 0) is 0 Å². The van der Waals surface area contributed by atoms with E-state index in [-0.39, 0.29) is 63.7 Å². The standard InChI is InChI=1S/K.2H3N.H3O4P/c;;;1-5(2,3)4/h;2*1H3;(H3,1,2,3,4)/q+1;;;/p-1. The molecule has 0 fully saturated rings. The summed E-state index contributed by atoms with van der Waals surface area (Å²) in [6, 6.07) is 0. The van der Waals surface area contributed by atoms with Crippen molar-refractivity contribution in [3.63, 3.8) is 0 Å². The third kappa shape index (κ3) is 123. The van der Waals surface area contributed by atoms with Crippen LogP contribution in [-0.2, 0) is 4.57 Å². The van der Waals surface area contributed by atoms with Gasteiger partial charge in [0, 0.05) is 0 Å². The average molecular weight is 170 g/mol. The van der Waals surface area contributed by atoms with Crippen molar-refractivity contribution in [2.45, 2.75) is 0 Å². The first-order chi connectivity index (χ1) is 2.00. The molecular weight excluding hydrogens is 162 g/mol. The van der Waals surface area contributed by atoms with Gasteiger partial charge in [0.15, 0.2) is 0 Å². The molecule has 0 saturated heterocycles. The van der Waals surface area contributed by atoms with E-state index in [1.807, 2.05) is 0 Å². The molecule has 0 radical (unpaired) electrons. The summed E-state index contributed by atoms with van der Waals surface area (Å²) in [7, 11) is -4.89. The van der Waals surface area contributed by atoms with Crippen LogP contribution < -0.4 is 68.6 Å². The molecule has 6 nitrogen and oxygen atoms in total. The van der Waals surface area contributed by atoms with Crippen molar-refractivity contribution in [1.82, 2.24) is 12.3 Å². The van der Waals surface area contributed by atoms with Crippen molar-refractivity contribution in [3.05, 3.63) is 0 Å². The zero-order valence-electron chi connectivity index (χ0n) is 4.57. The van der Waals surface area contributed by atoms with Gasteiger partial charge in [-0.3, -0.25) is 4.57 Å². The first-order valence-corrected chi connectivity index (χ1v) is 2.30. The van der Waals surface area contributed by atoms with Crippen LogP contribution in [0.3, 0.4) is 0 Å². The maximum Gasteiger partial charge on any atom is 1.00 e. The second-order valence-electron chi connectivity index (χ2n) is 0.491. The molecule has 0 aromatic rings. The Kier molecular flexibility index (Phi) is 24.5. The van der Waals surface area contributed by atoms with E-state index in [4.69, 9.17) is 19.2 Å². The molecule has 0 atom stereocenters. The monoisotopic (exact) mass is 170 g/mol. The van der Waals surface area contributed by atoms with E-state index in [0.717, 1.165) is 0 Å². The molecule has 0 unspecified atom stereocenters. The van der Waals surface area contributed by atoms with Crippen molar-refractivity contribution in [2.24, 2.45) is 0 Å². The molecule has 0 spiro atoms. The summed E-state index contributed by atoms with van der Waals surface area (Å²) >= 11 is 0. The number of hydrogen-bond acceptors (Lipinski definition) is 4. The van der Waals surface area contributed by atoms with Crippen molar-refractivity contribution >= 4 is 7.82 Å². The van der Waals surface area contributed by atoms with E-state index in [9.17, 15) is 0 Å². The second-order valence-corrected chi connectivity index (χ2v) is 1.47. The molecule has 0 aromatic heterocycles. The number of rotatable bonds is 0. The van der Waals surface area contributed by atoms with Gasteiger partial charge < -0.3 is 27.0 Å². The molecule has 0 aliphatic carbocycles. The summed E-state index contributed by atoms with van der Waals surface area (Å²) < 4.78 is 8.77. The van der Waals surface area contributed by atoms with Crippen molar-refractivity contribution in [2.75, 3.05) is 0 Å². The molecule has 8 heteroatoms. The number of phosphoric acid groups is 1. The van der Waals surface area contributed by atoms with Gasteiger partial charge in [0.2, 0.25) is 0 Å². The van der Waals surface area contributed by atoms with Crippen LogP contribution in [0.4, 0.5) is 0 Å². The Morgan fingerprint density at radius 1 is 1.25 bits per heavy atom. The summed E-state index contributed by atoms with van der Waals surface area (Å²) in [5.41, 5.74) is 0. The van der Waals surface area contributed by atoms with E-state index in [0.29, 0.717) is 0 Å². The van der Waals surface area contributed by atoms with Crippen LogP contribution in [-0.4, -0.2) is 9.79 Å². The Hall–Kier alpha value is 1.67. The van der Waals surface area contributed by atoms with E-state index < -0.39 is 7.82 Å². The predicted molar refractivity (Wildman–Crippen MR) is 22.1 cm³/mol. The fourth-order valence-electron chi connectivity index (χ4n) is 0. The predicted octanol–water partition coefficient (Wildman–Crippen LogP) is -4.23. The van der Waals surface area contributed by atoms with Crippen LogP contribution in [0.2, 0.25) is 0 Å². The van der Waals surface area contributed by atoms with Crippen LogP contribution in [0.15, 0.2) is 0 Å². The zero-order chi connectivity index (χ0) is 4.50. The first-order valence-electron chi connectivity index (χ1n) is 0.765. The van der Waals surface area contributed by atoms with Crippen LogP contribution in [0.1, 0.15) is 0 Å². The quantitative estimate of drug-likeness (QED) is 0.213. The van der Waals surface area contributed by atoms with E-state index in [1.54, 1.807) is 0 Å². The largest absolute Gasteiger partial charge is 1.00 e. The van der Waals surface area contributed by atoms with Crippen LogP contribution in [0.5, 0.6) is 0 Å². The molecule has 0 rings (SSSR count). The van der Waals surface area contributed by atoms with Gasteiger partial charge in [-0.25, -0.2) is 0 Å². The Morgan fingerprint density at radius 3 is 1.25 bits per heavy atom. The molecule has 0 aliphatic rings. The van der Waals surface area contributed by atoms with Crippen LogP contribution in [0, 0.1) is 0 Å². The topological polar surface area (TPSA) is 151 Å². The number of hydrogen-bond donors (Lipinski definition) is 4. The van der Waals surface area contributed by atoms with Crippen molar-refractivity contribution in [3.8, 4) is 0 Å². The van der Waals surface area contributed by atoms with Crippen molar-refractivity contribution < 1.29 is 70.6 Å². The Morgan fingerprint density at radius 2 is 1.25 bits per heavy atom. The molecule has 48 valence electrons. The maximum absolute atomic E-state index is 8.77. The maximum atomic E-state index is 8.77. The van der Waals surface area contributed by atoms with Crippen LogP contribution in [0.25, 0.3) is 0 Å². The van der Waals surface area contributed by atoms with Gasteiger partial charge >= 0.3 is 51.4 Å². The molecule has 0 bridgehead atoms. The SMILES string of the molecule is N.N.O=P([O-])(O)O.[K+]. The smallest absolute Gasteiger partial charge is 0.756 e. The average Bonchev–Trinajstić information content (AvgIpc) is 0.722. The molecule has 0 aliphatic heterocycles. The Balaban J connectivity index is -0.0000000267. The summed E-state index contributed by atoms with van der Waals surface area (Å²) in [6.07, 6.45) is 0. The summed E-state index contributed by atoms with van der Waals surface area (Å²) in [6.45, 7) is 0. The molecular formula is H8KN2O4P. The van der Waals surface area contributed by atoms with Crippen molar-refractivity contribution in [1.29, 1.82) is 0 Å². The summed E-state index contributed by atoms with van der Waals surface area (Å²) in [5.74, 6) is 0. The van der Waals surface area contributed by atoms with Gasteiger partial charge in [-0.15, -0.1) is 0 Å². The van der Waals surface area contributed by atoms with Crippen LogP contribution >= 0.6 is 7.82 Å². The van der Waals surface area contributed by atoms with Gasteiger partial charge in [0.1, 0.15) is 0 Å². The minimum atomic E-state index is -4.89. The second kappa shape index (κ2) is 8.67. The van der Waals surface area contributed by atoms with Gasteiger partial charge in [0.25, 0.3) is 7.82 Å². The molecule has 0 aromatic carbocycles. The molecule has 0 heterocycles. The summed E-state index contributed by atoms with van der Waals surface area (Å²) in [4.78, 5) is 22.9. The molecule has 0 amide bonds. The minimum Gasteiger partial charge on any atom is -0.756 e. The third-order valence-electron chi connectivity index (χ3n) is 0. The molecule has 8 heavy (non-hydrogen) atoms. The van der Waals surface area contributed by atoms with E-state index >= 15 is 0 Å². The fourth-order valence-corrected chi connectivity index (χ4v) is 0. The normalized spacial score (nSPS) is 7.38. The first kappa shape index (κ1) is 22.6. The Bertz CT molecular complexity index is 60.2. The zero-order valence-corrected chi connectivity index (χ0v) is 8.59. The fraction of sp³-hybridized carbons (Fsp3) is 0. The summed E-state index contributed by atoms with van der Waals surface area (Å²) in [5, 5.41) is 0. The van der Waals surface area contributed by atoms with Gasteiger partial charge in [-0.2, -0.15) is 0 Å². The molecule has 0 saturated carbocycles. The molecule has 8 N–H and O–H groups in total. The van der Waals surface area contributed by atoms with E-state index in [2.05, 4.69) is 0 Å². The minimum absolute atomic E-state index is 0. The van der Waals surface area contributed by atoms with Gasteiger partial charge in [-0.1, -0.05) is 0 Å².